The van der Waals surface area contributed by atoms with Gasteiger partial charge in [0.2, 0.25) is 6.29 Å². The fraction of sp³-hybridized carbons (Fsp3) is 0.857. The number of halogens is 2. The Labute approximate surface area is 520 Å². The zero-order chi connectivity index (χ0) is 64.1. The van der Waals surface area contributed by atoms with Crippen LogP contribution in [0.4, 0.5) is 0 Å². The summed E-state index contributed by atoms with van der Waals surface area (Å²) in [6.07, 6.45) is -34.1. The molecular weight excluding hydrogens is 1240 g/mol. The van der Waals surface area contributed by atoms with Gasteiger partial charge in [-0.3, -0.25) is 4.79 Å². The maximum absolute atomic E-state index is 13.3. The van der Waals surface area contributed by atoms with Crippen LogP contribution < -0.4 is 0 Å². The van der Waals surface area contributed by atoms with Crippen LogP contribution in [-0.2, 0) is 104 Å². The van der Waals surface area contributed by atoms with Crippen molar-refractivity contribution in [2.24, 2.45) is 0 Å². The number of phenolic OH excluding ortho intramolecular Hbond substituents is 2. The molecule has 0 saturated carbocycles. The third-order valence-electron chi connectivity index (χ3n) is 18.0. The van der Waals surface area contributed by atoms with Gasteiger partial charge in [0.15, 0.2) is 55.0 Å². The maximum Gasteiger partial charge on any atom is 0.342 e. The summed E-state index contributed by atoms with van der Waals surface area (Å²) in [5.41, 5.74) is -1.62. The van der Waals surface area contributed by atoms with E-state index >= 15 is 0 Å². The molecule has 1 aromatic carbocycles. The number of methoxy groups -OCH3 is 2. The number of aliphatic hydroxyl groups excluding tert-OH is 6. The maximum atomic E-state index is 13.3. The zero-order valence-electron chi connectivity index (χ0n) is 50.3. The summed E-state index contributed by atoms with van der Waals surface area (Å²) in [5.74, 6) is -6.83. The lowest BCUT2D eigenvalue weighted by atomic mass is 9.88. The van der Waals surface area contributed by atoms with Crippen LogP contribution in [0.2, 0.25) is 10.0 Å². The molecule has 10 fully saturated rings. The number of hydrogen-bond acceptors (Lipinski definition) is 31. The largest absolute Gasteiger partial charge is 0.505 e. The smallest absolute Gasteiger partial charge is 0.342 e. The second-order valence-corrected chi connectivity index (χ2v) is 25.1. The average Bonchev–Trinajstić information content (AvgIpc) is 1.60. The molecule has 1 unspecified atom stereocenters. The van der Waals surface area contributed by atoms with Crippen LogP contribution in [0.1, 0.15) is 90.1 Å². The molecule has 11 rings (SSSR count). The Bertz CT molecular complexity index is 2630. The molecule has 33 heteroatoms. The van der Waals surface area contributed by atoms with Crippen molar-refractivity contribution >= 4 is 35.1 Å². The summed E-state index contributed by atoms with van der Waals surface area (Å²) in [6, 6.07) is 0. The van der Waals surface area contributed by atoms with E-state index in [9.17, 15) is 50.4 Å². The number of hydrogen-bond donors (Lipinski definition) is 8. The van der Waals surface area contributed by atoms with E-state index in [-0.39, 0.29) is 56.3 Å². The molecule has 10 saturated heterocycles. The fourth-order valence-electron chi connectivity index (χ4n) is 13.6. The summed E-state index contributed by atoms with van der Waals surface area (Å²) >= 11 is 12.1. The molecule has 10 aliphatic heterocycles. The lowest BCUT2D eigenvalue weighted by molar-refractivity contribution is -0.420. The molecule has 10 aliphatic rings. The third-order valence-corrected chi connectivity index (χ3v) is 18.9. The Kier molecular flexibility index (Phi) is 20.2. The van der Waals surface area contributed by atoms with E-state index < -0.39 is 223 Å². The lowest BCUT2D eigenvalue weighted by Gasteiger charge is -2.49. The number of esters is 2. The van der Waals surface area contributed by atoms with Gasteiger partial charge in [-0.2, -0.15) is 0 Å². The predicted molar refractivity (Wildman–Crippen MR) is 289 cm³/mol. The molecule has 0 aliphatic carbocycles. The highest BCUT2D eigenvalue weighted by molar-refractivity contribution is 6.39. The van der Waals surface area contributed by atoms with E-state index in [0.29, 0.717) is 0 Å². The number of benzene rings is 1. The highest BCUT2D eigenvalue weighted by atomic mass is 35.5. The van der Waals surface area contributed by atoms with Gasteiger partial charge in [0, 0.05) is 33.5 Å². The molecule has 0 aromatic heterocycles. The van der Waals surface area contributed by atoms with Gasteiger partial charge in [0.05, 0.1) is 67.4 Å². The highest BCUT2D eigenvalue weighted by Gasteiger charge is 2.69. The summed E-state index contributed by atoms with van der Waals surface area (Å²) < 4.78 is 129. The molecule has 8 N–H and O–H groups in total. The topological polar surface area (TPSA) is 390 Å². The van der Waals surface area contributed by atoms with Gasteiger partial charge in [-0.05, 0) is 54.0 Å². The van der Waals surface area contributed by atoms with E-state index in [0.717, 1.165) is 0 Å². The van der Waals surface area contributed by atoms with Crippen molar-refractivity contribution in [1.82, 2.24) is 0 Å². The first-order valence-corrected chi connectivity index (χ1v) is 30.5. The average molecular weight is 1320 g/mol. The number of fused-ring (bicyclic) bond motifs is 4. The first-order valence-electron chi connectivity index (χ1n) is 29.7. The van der Waals surface area contributed by atoms with E-state index in [2.05, 4.69) is 0 Å². The second kappa shape index (κ2) is 26.5. The monoisotopic (exact) mass is 1320 g/mol. The number of carbonyl (C=O) groups is 2. The molecule has 2 spiro atoms. The van der Waals surface area contributed by atoms with Gasteiger partial charge in [-0.25, -0.2) is 4.79 Å². The van der Waals surface area contributed by atoms with Crippen molar-refractivity contribution < 1.29 is 150 Å². The van der Waals surface area contributed by atoms with Crippen LogP contribution in [0.25, 0.3) is 0 Å². The van der Waals surface area contributed by atoms with Crippen LogP contribution in [0.3, 0.4) is 0 Å². The van der Waals surface area contributed by atoms with Crippen molar-refractivity contribution in [3.05, 3.63) is 21.2 Å². The van der Waals surface area contributed by atoms with E-state index in [4.69, 9.17) is 123 Å². The van der Waals surface area contributed by atoms with E-state index in [1.165, 1.54) is 28.1 Å². The zero-order valence-corrected chi connectivity index (χ0v) is 51.9. The van der Waals surface area contributed by atoms with Crippen molar-refractivity contribution in [3.63, 3.8) is 0 Å². The van der Waals surface area contributed by atoms with Crippen LogP contribution in [0.15, 0.2) is 0 Å². The molecule has 10 heterocycles. The molecule has 89 heavy (non-hydrogen) atoms. The first kappa shape index (κ1) is 67.7. The summed E-state index contributed by atoms with van der Waals surface area (Å²) in [6.45, 7) is 12.2. The van der Waals surface area contributed by atoms with Gasteiger partial charge in [-0.15, -0.1) is 0 Å². The fourth-order valence-corrected chi connectivity index (χ4v) is 14.0. The molecule has 1 aromatic rings. The summed E-state index contributed by atoms with van der Waals surface area (Å²) in [7, 11) is 2.77. The highest BCUT2D eigenvalue weighted by Crippen LogP contribution is 2.52. The summed E-state index contributed by atoms with van der Waals surface area (Å²) in [5, 5.41) is 89.3. The standard InChI is InChI=1S/C56H80Cl2O31/c1-11-28(61)78-47-44-27(86-56(87-44)49-46(72-17-73-49)34(62)19(3)85-56)16-71-53(47)83-51-38(66)37(65)43(26(77-51)15-69-9)82-52-39(67)45(42(70-10)21(5)76-52)80-30-14-54(8)48(23(7)75-30)88-55(89-54)13-25(60)41(22(6)84-55)79-29-12-24(59)40(20(4)74-29)81-50(68)31-18(2)32(57)36(64)33(58)35(31)63/h19-27,29-30,34,37-49,51-53,59-60,62-67H,11-17H2,1-10H3/t19-,20-,21-,22-,23-,24-,25-,26-,27+,29+,30+,34+,37-,38+,39-,40-,41-,42+,43-,44-,45-,46+,47-,48-,49-,51+,52+,53-,54-,55?,56-/m1/s1. The first-order chi connectivity index (χ1) is 42.1. The molecule has 504 valence electrons. The summed E-state index contributed by atoms with van der Waals surface area (Å²) in [4.78, 5) is 26.2. The molecule has 31 atom stereocenters. The SMILES string of the molecule is CCC(=O)O[C@H]1[C@@H](O[C@@H]2O[C@H](COC)[C@@H](O[C@@H]3O[C@H](C)[C@H](OC)[C@H](O[C@H]4C[C@@]5(C)OC6(C[C@@H](O)[C@H](O[C@H]7C[C@@H](O)[C@H](OC(=O)c8c(C)c(Cl)c(O)c(Cl)c8O)[C@@H](C)O7)[C@@H](C)O6)O[C@@H]5[C@@H](C)O4)[C@H]3O)[C@H](O)[C@@H]2O)OC[C@@H]2O[C@]3(O[C@@H]12)O[C@H](C)[C@H](O)[C@@H]1OCO[C@H]13. The molecular formula is C56H80Cl2O31. The Morgan fingerprint density at radius 2 is 1.31 bits per heavy atom. The molecule has 0 bridgehead atoms. The number of ether oxygens (including phenoxy) is 21. The van der Waals surface area contributed by atoms with Crippen LogP contribution in [-0.4, -0.2) is 276 Å². The molecule has 0 amide bonds. The molecule has 31 nitrogen and oxygen atoms in total. The van der Waals surface area contributed by atoms with Crippen LogP contribution in [0.5, 0.6) is 11.5 Å². The van der Waals surface area contributed by atoms with Crippen molar-refractivity contribution in [2.75, 3.05) is 34.2 Å². The van der Waals surface area contributed by atoms with E-state index in [1.807, 2.05) is 0 Å². The quantitative estimate of drug-likeness (QED) is 0.106. The Hall–Kier alpha value is -2.66. The number of carbonyl (C=O) groups excluding carboxylic acids is 2. The molecule has 0 radical (unpaired) electrons. The van der Waals surface area contributed by atoms with Crippen molar-refractivity contribution in [3.8, 4) is 11.5 Å². The van der Waals surface area contributed by atoms with Gasteiger partial charge < -0.3 is 140 Å². The van der Waals surface area contributed by atoms with Crippen LogP contribution >= 0.6 is 23.2 Å². The predicted octanol–water partition coefficient (Wildman–Crippen LogP) is -0.110. The van der Waals surface area contributed by atoms with Gasteiger partial charge in [0.1, 0.15) is 102 Å². The minimum absolute atomic E-state index is 0.00580. The number of aliphatic hydroxyl groups is 6. The Morgan fingerprint density at radius 1 is 0.607 bits per heavy atom. The van der Waals surface area contributed by atoms with Gasteiger partial charge in [0.25, 0.3) is 5.97 Å². The van der Waals surface area contributed by atoms with Crippen molar-refractivity contribution in [1.29, 1.82) is 0 Å². The lowest BCUT2D eigenvalue weighted by Crippen LogP contribution is -2.66. The normalized spacial score (nSPS) is 48.9. The minimum atomic E-state index is -1.90. The van der Waals surface area contributed by atoms with Crippen LogP contribution in [0, 0.1) is 6.92 Å². The number of rotatable bonds is 15. The van der Waals surface area contributed by atoms with E-state index in [1.54, 1.807) is 41.5 Å². The number of aromatic hydroxyl groups is 2. The van der Waals surface area contributed by atoms with Gasteiger partial charge >= 0.3 is 17.9 Å². The van der Waals surface area contributed by atoms with Gasteiger partial charge in [-0.1, -0.05) is 30.1 Å². The Balaban J connectivity index is 0.709. The Morgan fingerprint density at radius 3 is 2.01 bits per heavy atom. The minimum Gasteiger partial charge on any atom is -0.505 e. The second-order valence-electron chi connectivity index (χ2n) is 24.3. The number of phenols is 2. The van der Waals surface area contributed by atoms with Crippen molar-refractivity contribution in [2.45, 2.75) is 270 Å². The third kappa shape index (κ3) is 12.7.